The van der Waals surface area contributed by atoms with Gasteiger partial charge in [-0.1, -0.05) is 5.10 Å². The van der Waals surface area contributed by atoms with Gasteiger partial charge in [-0.25, -0.2) is 9.78 Å². The Morgan fingerprint density at radius 2 is 1.96 bits per heavy atom. The summed E-state index contributed by atoms with van der Waals surface area (Å²) in [5.74, 6) is 1.30. The van der Waals surface area contributed by atoms with E-state index in [1.165, 1.54) is 25.6 Å². The number of benzene rings is 1. The molecule has 0 radical (unpaired) electrons. The molecule has 0 bridgehead atoms. The molecule has 0 saturated carbocycles. The van der Waals surface area contributed by atoms with Crippen LogP contribution in [0.4, 0.5) is 16.5 Å². The number of ether oxygens (including phenoxy) is 2. The summed E-state index contributed by atoms with van der Waals surface area (Å²) in [7, 11) is 3.05. The molecule has 1 aromatic carbocycles. The number of methoxy groups -OCH3 is 2. The standard InChI is InChI=1S/C15H15N5O4S/c1-8-16-10(7-25-8)13-19-20-15(24-13)18-14(21)17-9-4-5-11(22-2)12(6-9)23-3/h4-7H,1-3H3,(H2,17,18,20,21). The number of hydrogen-bond donors (Lipinski definition) is 2. The Morgan fingerprint density at radius 1 is 1.16 bits per heavy atom. The summed E-state index contributed by atoms with van der Waals surface area (Å²) < 4.78 is 15.7. The molecule has 2 amide bonds. The van der Waals surface area contributed by atoms with E-state index in [0.717, 1.165) is 5.01 Å². The smallest absolute Gasteiger partial charge is 0.327 e. The van der Waals surface area contributed by atoms with Crippen LogP contribution in [0.3, 0.4) is 0 Å². The average Bonchev–Trinajstić information content (AvgIpc) is 3.23. The van der Waals surface area contributed by atoms with Gasteiger partial charge < -0.3 is 19.2 Å². The lowest BCUT2D eigenvalue weighted by Crippen LogP contribution is -2.19. The molecule has 0 fully saturated rings. The molecule has 9 nitrogen and oxygen atoms in total. The lowest BCUT2D eigenvalue weighted by atomic mass is 10.3. The summed E-state index contributed by atoms with van der Waals surface area (Å²) in [4.78, 5) is 16.3. The highest BCUT2D eigenvalue weighted by atomic mass is 32.1. The van der Waals surface area contributed by atoms with Gasteiger partial charge in [-0.15, -0.1) is 16.4 Å². The van der Waals surface area contributed by atoms with Crippen LogP contribution in [0.5, 0.6) is 11.5 Å². The van der Waals surface area contributed by atoms with Crippen LogP contribution < -0.4 is 20.1 Å². The maximum absolute atomic E-state index is 12.1. The zero-order valence-electron chi connectivity index (χ0n) is 13.7. The number of nitrogens with zero attached hydrogens (tertiary/aromatic N) is 3. The highest BCUT2D eigenvalue weighted by Gasteiger charge is 2.14. The molecule has 2 heterocycles. The van der Waals surface area contributed by atoms with Crippen molar-refractivity contribution in [1.29, 1.82) is 0 Å². The number of thiazole rings is 1. The van der Waals surface area contributed by atoms with Gasteiger partial charge in [-0.2, -0.15) is 0 Å². The number of anilines is 2. The Bertz CT molecular complexity index is 892. The fraction of sp³-hybridized carbons (Fsp3) is 0.200. The number of urea groups is 1. The molecular formula is C15H15N5O4S. The van der Waals surface area contributed by atoms with Crippen LogP contribution in [0, 0.1) is 6.92 Å². The summed E-state index contributed by atoms with van der Waals surface area (Å²) in [6, 6.07) is 4.44. The zero-order chi connectivity index (χ0) is 17.8. The molecule has 2 N–H and O–H groups in total. The Balaban J connectivity index is 1.66. The van der Waals surface area contributed by atoms with Crippen LogP contribution in [0.15, 0.2) is 28.0 Å². The number of rotatable bonds is 5. The molecule has 0 aliphatic heterocycles. The Hall–Kier alpha value is -3.14. The largest absolute Gasteiger partial charge is 0.493 e. The molecule has 0 atom stereocenters. The average molecular weight is 361 g/mol. The van der Waals surface area contributed by atoms with Crippen molar-refractivity contribution in [3.05, 3.63) is 28.6 Å². The van der Waals surface area contributed by atoms with E-state index in [2.05, 4.69) is 25.8 Å². The molecule has 0 saturated heterocycles. The van der Waals surface area contributed by atoms with E-state index in [1.807, 2.05) is 6.92 Å². The van der Waals surface area contributed by atoms with E-state index < -0.39 is 6.03 Å². The van der Waals surface area contributed by atoms with Crippen molar-refractivity contribution in [2.75, 3.05) is 24.9 Å². The van der Waals surface area contributed by atoms with E-state index in [1.54, 1.807) is 23.6 Å². The van der Waals surface area contributed by atoms with Crippen molar-refractivity contribution >= 4 is 29.1 Å². The van der Waals surface area contributed by atoms with Crippen LogP contribution in [0.1, 0.15) is 5.01 Å². The summed E-state index contributed by atoms with van der Waals surface area (Å²) >= 11 is 1.47. The minimum absolute atomic E-state index is 0.0290. The third kappa shape index (κ3) is 3.86. The molecule has 3 rings (SSSR count). The second-order valence-corrected chi connectivity index (χ2v) is 5.88. The third-order valence-electron chi connectivity index (χ3n) is 3.13. The molecule has 0 spiro atoms. The second kappa shape index (κ2) is 7.18. The van der Waals surface area contributed by atoms with Gasteiger partial charge in [-0.3, -0.25) is 5.32 Å². The molecule has 0 aliphatic carbocycles. The number of hydrogen-bond acceptors (Lipinski definition) is 8. The molecule has 2 aromatic heterocycles. The van der Waals surface area contributed by atoms with Crippen molar-refractivity contribution in [2.45, 2.75) is 6.92 Å². The predicted molar refractivity (Wildman–Crippen MR) is 92.3 cm³/mol. The molecule has 3 aromatic rings. The topological polar surface area (TPSA) is 111 Å². The van der Waals surface area contributed by atoms with Gasteiger partial charge in [-0.05, 0) is 19.1 Å². The van der Waals surface area contributed by atoms with E-state index in [4.69, 9.17) is 13.9 Å². The number of carbonyl (C=O) groups is 1. The van der Waals surface area contributed by atoms with Crippen molar-refractivity contribution in [3.63, 3.8) is 0 Å². The molecule has 25 heavy (non-hydrogen) atoms. The monoisotopic (exact) mass is 361 g/mol. The van der Waals surface area contributed by atoms with Gasteiger partial charge in [0.05, 0.1) is 19.2 Å². The molecule has 0 unspecified atom stereocenters. The Labute approximate surface area is 147 Å². The van der Waals surface area contributed by atoms with Crippen LogP contribution in [-0.2, 0) is 0 Å². The van der Waals surface area contributed by atoms with Gasteiger partial charge in [0, 0.05) is 17.1 Å². The molecule has 130 valence electrons. The van der Waals surface area contributed by atoms with Crippen LogP contribution in [0.25, 0.3) is 11.6 Å². The first kappa shape index (κ1) is 16.7. The number of carbonyl (C=O) groups excluding carboxylic acids is 1. The fourth-order valence-electron chi connectivity index (χ4n) is 2.01. The van der Waals surface area contributed by atoms with Gasteiger partial charge in [0.1, 0.15) is 5.69 Å². The SMILES string of the molecule is COc1ccc(NC(=O)Nc2nnc(-c3csc(C)n3)o2)cc1OC. The second-order valence-electron chi connectivity index (χ2n) is 4.81. The maximum Gasteiger partial charge on any atom is 0.327 e. The van der Waals surface area contributed by atoms with Gasteiger partial charge >= 0.3 is 12.0 Å². The predicted octanol–water partition coefficient (Wildman–Crippen LogP) is 3.16. The lowest BCUT2D eigenvalue weighted by molar-refractivity contribution is 0.261. The number of amides is 2. The highest BCUT2D eigenvalue weighted by Crippen LogP contribution is 2.29. The quantitative estimate of drug-likeness (QED) is 0.718. The van der Waals surface area contributed by atoms with Gasteiger partial charge in [0.25, 0.3) is 5.89 Å². The first-order valence-electron chi connectivity index (χ1n) is 7.15. The van der Waals surface area contributed by atoms with Crippen molar-refractivity contribution < 1.29 is 18.7 Å². The van der Waals surface area contributed by atoms with E-state index >= 15 is 0 Å². The first-order chi connectivity index (χ1) is 12.1. The minimum atomic E-state index is -0.531. The Kier molecular flexibility index (Phi) is 4.80. The lowest BCUT2D eigenvalue weighted by Gasteiger charge is -2.10. The first-order valence-corrected chi connectivity index (χ1v) is 8.03. The summed E-state index contributed by atoms with van der Waals surface area (Å²) in [5, 5.41) is 15.4. The van der Waals surface area contributed by atoms with Crippen molar-refractivity contribution in [3.8, 4) is 23.1 Å². The number of aryl methyl sites for hydroxylation is 1. The van der Waals surface area contributed by atoms with Crippen LogP contribution in [-0.4, -0.2) is 35.4 Å². The molecule has 10 heteroatoms. The molecule has 0 aliphatic rings. The molecular weight excluding hydrogens is 346 g/mol. The van der Waals surface area contributed by atoms with E-state index in [9.17, 15) is 4.79 Å². The summed E-state index contributed by atoms with van der Waals surface area (Å²) in [6.07, 6.45) is 0. The number of aromatic nitrogens is 3. The maximum atomic E-state index is 12.1. The van der Waals surface area contributed by atoms with Crippen molar-refractivity contribution in [2.24, 2.45) is 0 Å². The van der Waals surface area contributed by atoms with Gasteiger partial charge in [0.2, 0.25) is 0 Å². The van der Waals surface area contributed by atoms with E-state index in [-0.39, 0.29) is 11.9 Å². The summed E-state index contributed by atoms with van der Waals surface area (Å²) in [5.41, 5.74) is 1.09. The van der Waals surface area contributed by atoms with Crippen LogP contribution >= 0.6 is 11.3 Å². The number of nitrogens with one attached hydrogen (secondary N) is 2. The normalized spacial score (nSPS) is 10.4. The summed E-state index contributed by atoms with van der Waals surface area (Å²) in [6.45, 7) is 1.88. The van der Waals surface area contributed by atoms with Crippen LogP contribution in [0.2, 0.25) is 0 Å². The fourth-order valence-corrected chi connectivity index (χ4v) is 2.60. The third-order valence-corrected chi connectivity index (χ3v) is 3.90. The zero-order valence-corrected chi connectivity index (χ0v) is 14.5. The van der Waals surface area contributed by atoms with Crippen molar-refractivity contribution in [1.82, 2.24) is 15.2 Å². The van der Waals surface area contributed by atoms with Gasteiger partial charge in [0.15, 0.2) is 11.5 Å². The Morgan fingerprint density at radius 3 is 2.64 bits per heavy atom. The minimum Gasteiger partial charge on any atom is -0.493 e. The highest BCUT2D eigenvalue weighted by molar-refractivity contribution is 7.09. The van der Waals surface area contributed by atoms with E-state index in [0.29, 0.717) is 22.9 Å².